The monoisotopic (exact) mass is 709 g/mol. The van der Waals surface area contributed by atoms with Gasteiger partial charge in [0.1, 0.15) is 6.04 Å². The highest BCUT2D eigenvalue weighted by Gasteiger charge is 2.53. The Morgan fingerprint density at radius 2 is 1.57 bits per heavy atom. The van der Waals surface area contributed by atoms with Crippen molar-refractivity contribution in [2.45, 2.75) is 127 Å². The maximum Gasteiger partial charge on any atom is 0.303 e. The van der Waals surface area contributed by atoms with E-state index in [4.69, 9.17) is 10.2 Å². The van der Waals surface area contributed by atoms with E-state index in [1.807, 2.05) is 6.07 Å². The molecular formula is C42H55N3O5Si. The highest BCUT2D eigenvalue weighted by Crippen LogP contribution is 2.41. The van der Waals surface area contributed by atoms with Crippen molar-refractivity contribution in [3.05, 3.63) is 95.6 Å². The third kappa shape index (κ3) is 8.01. The molecule has 272 valence electrons. The lowest BCUT2D eigenvalue weighted by atomic mass is 9.78. The topological polar surface area (TPSA) is 122 Å². The van der Waals surface area contributed by atoms with Gasteiger partial charge >= 0.3 is 5.97 Å². The largest absolute Gasteiger partial charge is 0.481 e. The van der Waals surface area contributed by atoms with Gasteiger partial charge in [0.15, 0.2) is 0 Å². The predicted octanol–water partition coefficient (Wildman–Crippen LogP) is 5.94. The Morgan fingerprint density at radius 3 is 2.16 bits per heavy atom. The molecule has 2 amide bonds. The zero-order valence-electron chi connectivity index (χ0n) is 30.5. The molecule has 4 atom stereocenters. The first-order valence-corrected chi connectivity index (χ1v) is 20.9. The quantitative estimate of drug-likeness (QED) is 0.189. The van der Waals surface area contributed by atoms with E-state index in [1.54, 1.807) is 0 Å². The van der Waals surface area contributed by atoms with Crippen LogP contribution >= 0.6 is 0 Å². The number of nitrogens with one attached hydrogen (secondary N) is 1. The second kappa shape index (κ2) is 15.8. The van der Waals surface area contributed by atoms with E-state index in [0.717, 1.165) is 36.8 Å². The van der Waals surface area contributed by atoms with Crippen LogP contribution in [0, 0.1) is 5.92 Å². The number of nitrogens with two attached hydrogens (primary N) is 1. The number of nitrogens with zero attached hydrogens (tertiary/aromatic N) is 1. The zero-order valence-corrected chi connectivity index (χ0v) is 31.5. The summed E-state index contributed by atoms with van der Waals surface area (Å²) in [6.07, 6.45) is 10.0. The number of rotatable bonds is 13. The van der Waals surface area contributed by atoms with Crippen molar-refractivity contribution in [3.63, 3.8) is 0 Å². The third-order valence-electron chi connectivity index (χ3n) is 11.6. The highest BCUT2D eigenvalue weighted by atomic mass is 28.4. The van der Waals surface area contributed by atoms with Gasteiger partial charge in [0.25, 0.3) is 14.2 Å². The molecule has 8 nitrogen and oxygen atoms in total. The minimum Gasteiger partial charge on any atom is -0.481 e. The average molecular weight is 710 g/mol. The number of carboxylic acid groups (broad SMARTS) is 1. The maximum absolute atomic E-state index is 13.4. The second-order valence-corrected chi connectivity index (χ2v) is 20.3. The third-order valence-corrected chi connectivity index (χ3v) is 16.6. The number of carbonyl (C=O) groups is 3. The molecule has 2 aliphatic carbocycles. The van der Waals surface area contributed by atoms with Gasteiger partial charge in [-0.3, -0.25) is 14.4 Å². The molecule has 2 saturated carbocycles. The van der Waals surface area contributed by atoms with Gasteiger partial charge in [-0.2, -0.15) is 0 Å². The van der Waals surface area contributed by atoms with Crippen LogP contribution in [0.25, 0.3) is 0 Å². The highest BCUT2D eigenvalue weighted by molar-refractivity contribution is 6.99. The first-order chi connectivity index (χ1) is 24.5. The number of aliphatic carboxylic acids is 1. The van der Waals surface area contributed by atoms with Crippen LogP contribution in [-0.2, 0) is 27.0 Å². The standard InChI is InChI=1S/C42H55N3O5Si/c1-42(2,3)51(33-17-9-5-10-18-33,34-19-11-6-12-20-34)50-37-21-13-14-30(39(37)44-32-15-7-4-8-16-32)26-29-22-23-35-31(27-29)28-45(41(35)49)36(40(43)48)24-25-38(46)47/h5-6,9-12,17-20,22-23,27,30,32,36-37,39,44H,4,7-8,13-16,21,24-26,28H2,1-3H3,(H2,43,48)(H,46,47)/t30-,36?,37+,39-/m1/s1. The normalized spacial score (nSPS) is 22.1. The lowest BCUT2D eigenvalue weighted by Gasteiger charge is -2.50. The molecule has 1 heterocycles. The lowest BCUT2D eigenvalue weighted by molar-refractivity contribution is -0.137. The van der Waals surface area contributed by atoms with E-state index >= 15 is 0 Å². The molecule has 3 aromatic rings. The molecule has 1 aliphatic heterocycles. The van der Waals surface area contributed by atoms with Gasteiger partial charge in [0, 0.05) is 30.6 Å². The van der Waals surface area contributed by atoms with Crippen molar-refractivity contribution in [2.24, 2.45) is 11.7 Å². The minimum absolute atomic E-state index is 0.000560. The number of carboxylic acids is 1. The molecule has 2 fully saturated rings. The van der Waals surface area contributed by atoms with Gasteiger partial charge in [0.05, 0.1) is 6.10 Å². The Labute approximate surface area is 304 Å². The van der Waals surface area contributed by atoms with Crippen molar-refractivity contribution in [1.82, 2.24) is 10.2 Å². The van der Waals surface area contributed by atoms with Crippen LogP contribution in [0.5, 0.6) is 0 Å². The van der Waals surface area contributed by atoms with E-state index < -0.39 is 26.2 Å². The van der Waals surface area contributed by atoms with E-state index in [1.165, 1.54) is 47.4 Å². The fourth-order valence-corrected chi connectivity index (χ4v) is 13.8. The number of benzene rings is 3. The van der Waals surface area contributed by atoms with E-state index in [9.17, 15) is 19.5 Å². The maximum atomic E-state index is 13.4. The number of hydrogen-bond acceptors (Lipinski definition) is 5. The molecule has 4 N–H and O–H groups in total. The average Bonchev–Trinajstić information content (AvgIpc) is 3.43. The molecule has 0 spiro atoms. The molecule has 0 radical (unpaired) electrons. The van der Waals surface area contributed by atoms with Crippen LogP contribution in [0.2, 0.25) is 5.04 Å². The number of fused-ring (bicyclic) bond motifs is 1. The molecular weight excluding hydrogens is 655 g/mol. The summed E-state index contributed by atoms with van der Waals surface area (Å²) >= 11 is 0. The summed E-state index contributed by atoms with van der Waals surface area (Å²) in [4.78, 5) is 38.4. The van der Waals surface area contributed by atoms with Crippen molar-refractivity contribution in [3.8, 4) is 0 Å². The molecule has 1 unspecified atom stereocenters. The second-order valence-electron chi connectivity index (χ2n) is 16.0. The summed E-state index contributed by atoms with van der Waals surface area (Å²) < 4.78 is 7.87. The van der Waals surface area contributed by atoms with Crippen LogP contribution in [-0.4, -0.2) is 60.3 Å². The molecule has 3 aliphatic rings. The summed E-state index contributed by atoms with van der Waals surface area (Å²) in [5, 5.41) is 15.9. The SMILES string of the molecule is CC(C)(C)[Si](O[C@H]1CCC[C@H](Cc2ccc3c(c2)CN(C(CCC(=O)O)C(N)=O)C3=O)[C@H]1NC1CCCCC1)(c1ccccc1)c1ccccc1. The van der Waals surface area contributed by atoms with Gasteiger partial charge in [-0.1, -0.05) is 119 Å². The van der Waals surface area contributed by atoms with Crippen LogP contribution < -0.4 is 21.4 Å². The zero-order chi connectivity index (χ0) is 36.2. The first-order valence-electron chi connectivity index (χ1n) is 19.0. The first kappa shape index (κ1) is 37.0. The van der Waals surface area contributed by atoms with E-state index in [-0.39, 0.29) is 42.5 Å². The molecule has 6 rings (SSSR count). The lowest BCUT2D eigenvalue weighted by Crippen LogP contribution is -2.70. The van der Waals surface area contributed by atoms with Crippen molar-refractivity contribution in [1.29, 1.82) is 0 Å². The number of carbonyl (C=O) groups excluding carboxylic acids is 2. The summed E-state index contributed by atoms with van der Waals surface area (Å²) in [7, 11) is -2.79. The fourth-order valence-electron chi connectivity index (χ4n) is 9.10. The Bertz CT molecular complexity index is 1630. The summed E-state index contributed by atoms with van der Waals surface area (Å²) in [5.74, 6) is -1.62. The Balaban J connectivity index is 1.31. The van der Waals surface area contributed by atoms with Gasteiger partial charge in [-0.15, -0.1) is 0 Å². The summed E-state index contributed by atoms with van der Waals surface area (Å²) in [5.41, 5.74) is 8.26. The van der Waals surface area contributed by atoms with Gasteiger partial charge in [-0.25, -0.2) is 0 Å². The van der Waals surface area contributed by atoms with Gasteiger partial charge < -0.3 is 25.5 Å². The predicted molar refractivity (Wildman–Crippen MR) is 204 cm³/mol. The smallest absolute Gasteiger partial charge is 0.303 e. The summed E-state index contributed by atoms with van der Waals surface area (Å²) in [6, 6.07) is 27.6. The van der Waals surface area contributed by atoms with Crippen LogP contribution in [0.1, 0.15) is 106 Å². The van der Waals surface area contributed by atoms with E-state index in [0.29, 0.717) is 17.5 Å². The molecule has 9 heteroatoms. The molecule has 0 bridgehead atoms. The Morgan fingerprint density at radius 1 is 0.922 bits per heavy atom. The minimum atomic E-state index is -2.79. The fraction of sp³-hybridized carbons (Fsp3) is 0.500. The molecule has 0 aromatic heterocycles. The van der Waals surface area contributed by atoms with Crippen LogP contribution in [0.4, 0.5) is 0 Å². The van der Waals surface area contributed by atoms with Crippen molar-refractivity contribution in [2.75, 3.05) is 0 Å². The Kier molecular flexibility index (Phi) is 11.5. The number of amides is 2. The molecule has 3 aromatic carbocycles. The Hall–Kier alpha value is -3.79. The van der Waals surface area contributed by atoms with Gasteiger partial charge in [0.2, 0.25) is 5.91 Å². The van der Waals surface area contributed by atoms with Crippen LogP contribution in [0.15, 0.2) is 78.9 Å². The summed E-state index contributed by atoms with van der Waals surface area (Å²) in [6.45, 7) is 7.30. The van der Waals surface area contributed by atoms with Crippen LogP contribution in [0.3, 0.4) is 0 Å². The van der Waals surface area contributed by atoms with Gasteiger partial charge in [-0.05, 0) is 77.0 Å². The van der Waals surface area contributed by atoms with Crippen molar-refractivity contribution >= 4 is 36.5 Å². The van der Waals surface area contributed by atoms with Crippen molar-refractivity contribution < 1.29 is 23.9 Å². The molecule has 51 heavy (non-hydrogen) atoms. The number of primary amides is 1. The van der Waals surface area contributed by atoms with E-state index in [2.05, 4.69) is 98.9 Å². The molecule has 0 saturated heterocycles. The number of hydrogen-bond donors (Lipinski definition) is 3.